The highest BCUT2D eigenvalue weighted by Gasteiger charge is 2.29. The number of carbonyl (C=O) groups excluding carboxylic acids is 1. The van der Waals surface area contributed by atoms with Crippen molar-refractivity contribution in [1.82, 2.24) is 14.5 Å². The predicted octanol–water partition coefficient (Wildman–Crippen LogP) is 2.54. The summed E-state index contributed by atoms with van der Waals surface area (Å²) >= 11 is 1.49. The van der Waals surface area contributed by atoms with E-state index in [0.29, 0.717) is 30.0 Å². The summed E-state index contributed by atoms with van der Waals surface area (Å²) in [6.07, 6.45) is 4.56. The van der Waals surface area contributed by atoms with E-state index in [9.17, 15) is 4.79 Å². The van der Waals surface area contributed by atoms with E-state index in [1.807, 2.05) is 16.9 Å². The van der Waals surface area contributed by atoms with Crippen LogP contribution in [0.25, 0.3) is 11.0 Å². The van der Waals surface area contributed by atoms with Crippen LogP contribution >= 0.6 is 11.8 Å². The summed E-state index contributed by atoms with van der Waals surface area (Å²) in [5, 5.41) is 1.56. The maximum absolute atomic E-state index is 12.2. The number of hydrogen-bond donors (Lipinski definition) is 0. The fourth-order valence-corrected chi connectivity index (χ4v) is 3.28. The van der Waals surface area contributed by atoms with Gasteiger partial charge in [-0.1, -0.05) is 18.7 Å². The first-order valence-electron chi connectivity index (χ1n) is 7.23. The summed E-state index contributed by atoms with van der Waals surface area (Å²) in [6.45, 7) is 3.51. The van der Waals surface area contributed by atoms with Gasteiger partial charge < -0.3 is 14.0 Å². The first-order valence-corrected chi connectivity index (χ1v) is 8.46. The van der Waals surface area contributed by atoms with Gasteiger partial charge >= 0.3 is 5.97 Å². The molecule has 1 aliphatic rings. The number of carbonyl (C=O) groups is 1. The molecule has 1 saturated heterocycles. The van der Waals surface area contributed by atoms with Crippen molar-refractivity contribution in [2.75, 3.05) is 26.6 Å². The van der Waals surface area contributed by atoms with Crippen molar-refractivity contribution in [3.8, 4) is 0 Å². The fraction of sp³-hybridized carbons (Fsp3) is 0.533. The smallest absolute Gasteiger partial charge is 0.354 e. The van der Waals surface area contributed by atoms with Crippen molar-refractivity contribution in [3.63, 3.8) is 0 Å². The van der Waals surface area contributed by atoms with Gasteiger partial charge in [-0.25, -0.2) is 14.8 Å². The van der Waals surface area contributed by atoms with Gasteiger partial charge in [-0.05, 0) is 18.7 Å². The lowest BCUT2D eigenvalue weighted by molar-refractivity contribution is 0.0273. The lowest BCUT2D eigenvalue weighted by Crippen LogP contribution is -2.30. The average Bonchev–Trinajstić information content (AvgIpc) is 2.92. The molecule has 0 aromatic carbocycles. The maximum atomic E-state index is 12.2. The fourth-order valence-electron chi connectivity index (χ4n) is 2.94. The van der Waals surface area contributed by atoms with E-state index in [1.54, 1.807) is 6.20 Å². The second kappa shape index (κ2) is 6.26. The number of hydrogen-bond acceptors (Lipinski definition) is 6. The van der Waals surface area contributed by atoms with Crippen LogP contribution in [0.2, 0.25) is 0 Å². The Kier molecular flexibility index (Phi) is 4.35. The number of aromatic nitrogens is 3. The molecule has 0 amide bonds. The molecule has 2 atom stereocenters. The number of rotatable bonds is 3. The monoisotopic (exact) mass is 321 g/mol. The number of ether oxygens (including phenoxy) is 2. The molecule has 7 heteroatoms. The van der Waals surface area contributed by atoms with Crippen molar-refractivity contribution in [3.05, 3.63) is 18.0 Å². The molecule has 22 heavy (non-hydrogen) atoms. The van der Waals surface area contributed by atoms with Crippen molar-refractivity contribution in [2.45, 2.75) is 24.5 Å². The van der Waals surface area contributed by atoms with Gasteiger partial charge in [0.15, 0.2) is 5.16 Å². The minimum Gasteiger partial charge on any atom is -0.464 e. The molecule has 0 spiro atoms. The van der Waals surface area contributed by atoms with Crippen LogP contribution in [0.1, 0.15) is 29.9 Å². The summed E-state index contributed by atoms with van der Waals surface area (Å²) in [4.78, 5) is 21.1. The van der Waals surface area contributed by atoms with Crippen LogP contribution in [0.15, 0.2) is 17.4 Å². The molecule has 3 rings (SSSR count). The second-order valence-electron chi connectivity index (χ2n) is 5.44. The molecule has 118 valence electrons. The molecule has 0 saturated carbocycles. The molecular weight excluding hydrogens is 302 g/mol. The van der Waals surface area contributed by atoms with Gasteiger partial charge in [0.05, 0.1) is 13.7 Å². The summed E-state index contributed by atoms with van der Waals surface area (Å²) in [5.41, 5.74) is 1.32. The third-order valence-electron chi connectivity index (χ3n) is 4.06. The highest BCUT2D eigenvalue weighted by atomic mass is 32.2. The number of methoxy groups -OCH3 is 1. The Morgan fingerprint density at radius 3 is 3.05 bits per heavy atom. The van der Waals surface area contributed by atoms with Crippen molar-refractivity contribution in [1.29, 1.82) is 0 Å². The lowest BCUT2D eigenvalue weighted by Gasteiger charge is -2.31. The van der Waals surface area contributed by atoms with Gasteiger partial charge in [-0.2, -0.15) is 0 Å². The van der Waals surface area contributed by atoms with Crippen LogP contribution in [-0.4, -0.2) is 47.1 Å². The third kappa shape index (κ3) is 2.59. The van der Waals surface area contributed by atoms with E-state index in [0.717, 1.165) is 17.5 Å². The van der Waals surface area contributed by atoms with Crippen LogP contribution in [0.5, 0.6) is 0 Å². The minimum absolute atomic E-state index is 0.171. The average molecular weight is 321 g/mol. The molecule has 1 aliphatic heterocycles. The highest BCUT2D eigenvalue weighted by molar-refractivity contribution is 7.98. The van der Waals surface area contributed by atoms with Crippen molar-refractivity contribution < 1.29 is 14.3 Å². The SMILES string of the molecule is COC(=O)c1cc2cnc(SC)nc2n1C1CCOCC1C. The summed E-state index contributed by atoms with van der Waals surface area (Å²) in [5.74, 6) is -0.0390. The molecule has 2 unspecified atom stereocenters. The normalized spacial score (nSPS) is 22.0. The largest absolute Gasteiger partial charge is 0.464 e. The van der Waals surface area contributed by atoms with Gasteiger partial charge in [0.2, 0.25) is 0 Å². The van der Waals surface area contributed by atoms with E-state index in [1.165, 1.54) is 18.9 Å². The van der Waals surface area contributed by atoms with E-state index >= 15 is 0 Å². The minimum atomic E-state index is -0.345. The lowest BCUT2D eigenvalue weighted by atomic mass is 9.97. The van der Waals surface area contributed by atoms with Gasteiger partial charge in [0.1, 0.15) is 11.3 Å². The van der Waals surface area contributed by atoms with Gasteiger partial charge in [0.25, 0.3) is 0 Å². The summed E-state index contributed by atoms with van der Waals surface area (Å²) < 4.78 is 12.5. The topological polar surface area (TPSA) is 66.2 Å². The molecule has 0 bridgehead atoms. The van der Waals surface area contributed by atoms with Gasteiger partial charge in [-0.3, -0.25) is 0 Å². The summed E-state index contributed by atoms with van der Waals surface area (Å²) in [6, 6.07) is 1.98. The Balaban J connectivity index is 2.20. The zero-order valence-corrected chi connectivity index (χ0v) is 13.7. The molecule has 1 fully saturated rings. The van der Waals surface area contributed by atoms with Crippen LogP contribution in [0.4, 0.5) is 0 Å². The Morgan fingerprint density at radius 1 is 1.55 bits per heavy atom. The number of thioether (sulfide) groups is 1. The van der Waals surface area contributed by atoms with Crippen LogP contribution in [0, 0.1) is 5.92 Å². The maximum Gasteiger partial charge on any atom is 0.354 e. The molecule has 2 aromatic heterocycles. The van der Waals surface area contributed by atoms with Crippen LogP contribution in [-0.2, 0) is 9.47 Å². The van der Waals surface area contributed by atoms with E-state index in [2.05, 4.69) is 16.9 Å². The molecule has 0 aliphatic carbocycles. The Labute approximate surface area is 133 Å². The molecule has 6 nitrogen and oxygen atoms in total. The van der Waals surface area contributed by atoms with Gasteiger partial charge in [0, 0.05) is 30.1 Å². The zero-order chi connectivity index (χ0) is 15.7. The number of nitrogens with zero attached hydrogens (tertiary/aromatic N) is 3. The molecule has 2 aromatic rings. The molecule has 0 radical (unpaired) electrons. The van der Waals surface area contributed by atoms with Crippen LogP contribution < -0.4 is 0 Å². The Morgan fingerprint density at radius 2 is 2.36 bits per heavy atom. The number of fused-ring (bicyclic) bond motifs is 1. The molecule has 3 heterocycles. The highest BCUT2D eigenvalue weighted by Crippen LogP contribution is 2.33. The first-order chi connectivity index (χ1) is 10.7. The Bertz CT molecular complexity index is 701. The van der Waals surface area contributed by atoms with Gasteiger partial charge in [-0.15, -0.1) is 0 Å². The van der Waals surface area contributed by atoms with Crippen molar-refractivity contribution in [2.24, 2.45) is 5.92 Å². The summed E-state index contributed by atoms with van der Waals surface area (Å²) in [7, 11) is 1.40. The predicted molar refractivity (Wildman–Crippen MR) is 84.3 cm³/mol. The first kappa shape index (κ1) is 15.3. The van der Waals surface area contributed by atoms with E-state index in [4.69, 9.17) is 9.47 Å². The number of esters is 1. The molecule has 0 N–H and O–H groups in total. The third-order valence-corrected chi connectivity index (χ3v) is 4.62. The standard InChI is InChI=1S/C15H19N3O3S/c1-9-8-21-5-4-11(9)18-12(14(19)20-2)6-10-7-16-15(22-3)17-13(10)18/h6-7,9,11H,4-5,8H2,1-3H3. The zero-order valence-electron chi connectivity index (χ0n) is 12.9. The molecular formula is C15H19N3O3S. The second-order valence-corrected chi connectivity index (χ2v) is 6.21. The quantitative estimate of drug-likeness (QED) is 0.492. The van der Waals surface area contributed by atoms with E-state index in [-0.39, 0.29) is 12.0 Å². The van der Waals surface area contributed by atoms with Crippen molar-refractivity contribution >= 4 is 28.8 Å². The Hall–Kier alpha value is -1.60. The van der Waals surface area contributed by atoms with Crippen LogP contribution in [0.3, 0.4) is 0 Å². The van der Waals surface area contributed by atoms with E-state index < -0.39 is 0 Å².